The van der Waals surface area contributed by atoms with Gasteiger partial charge in [-0.2, -0.15) is 0 Å². The van der Waals surface area contributed by atoms with Crippen LogP contribution in [0.3, 0.4) is 0 Å². The lowest BCUT2D eigenvalue weighted by atomic mass is 9.81. The minimum Gasteiger partial charge on any atom is -0.456 e. The van der Waals surface area contributed by atoms with Crippen LogP contribution in [0.5, 0.6) is 5.75 Å². The minimum absolute atomic E-state index is 0.160. The fourth-order valence-corrected chi connectivity index (χ4v) is 10.4. The van der Waals surface area contributed by atoms with Crippen molar-refractivity contribution in [2.75, 3.05) is 12.6 Å². The number of carbonyl (C=O) groups excluding carboxylic acids is 4. The van der Waals surface area contributed by atoms with Crippen LogP contribution in [-0.4, -0.2) is 139 Å². The van der Waals surface area contributed by atoms with Crippen molar-refractivity contribution in [3.63, 3.8) is 0 Å². The molecule has 2 aromatic carbocycles. The highest BCUT2D eigenvalue weighted by Gasteiger charge is 2.60. The van der Waals surface area contributed by atoms with Crippen LogP contribution in [-0.2, 0) is 57.0 Å². The molecule has 378 valence electrons. The zero-order valence-electron chi connectivity index (χ0n) is 42.6. The molecule has 0 radical (unpaired) electrons. The first-order valence-corrected chi connectivity index (χ1v) is 25.2. The molecule has 4 saturated heterocycles. The lowest BCUT2D eigenvalue weighted by molar-refractivity contribution is -0.350. The Balaban J connectivity index is 1.23. The van der Waals surface area contributed by atoms with Gasteiger partial charge in [-0.3, -0.25) is 9.59 Å². The summed E-state index contributed by atoms with van der Waals surface area (Å²) in [7, 11) is 5.09. The van der Waals surface area contributed by atoms with Crippen LogP contribution in [0.4, 0.5) is 0 Å². The van der Waals surface area contributed by atoms with Crippen molar-refractivity contribution in [2.45, 2.75) is 173 Å². The normalized spacial score (nSPS) is 40.2. The Morgan fingerprint density at radius 2 is 1.24 bits per heavy atom. The Labute approximate surface area is 407 Å². The van der Waals surface area contributed by atoms with Gasteiger partial charge in [0.05, 0.1) is 48.2 Å². The average Bonchev–Trinajstić information content (AvgIpc) is 3.32. The largest absolute Gasteiger partial charge is 0.456 e. The predicted octanol–water partition coefficient (Wildman–Crippen LogP) is 4.76. The Morgan fingerprint density at radius 1 is 0.691 bits per heavy atom. The van der Waals surface area contributed by atoms with E-state index in [2.05, 4.69) is 18.5 Å². The molecule has 19 heteroatoms. The van der Waals surface area contributed by atoms with Crippen LogP contribution < -0.4 is 15.4 Å². The lowest BCUT2D eigenvalue weighted by Gasteiger charge is -2.52. The Hall–Kier alpha value is -3.02. The topological polar surface area (TPSA) is 205 Å². The van der Waals surface area contributed by atoms with Crippen molar-refractivity contribution < 1.29 is 74.5 Å². The summed E-state index contributed by atoms with van der Waals surface area (Å²) in [6.07, 6.45) is -12.3. The van der Waals surface area contributed by atoms with Crippen LogP contribution in [0.15, 0.2) is 60.7 Å². The average molecular weight is 995 g/mol. The van der Waals surface area contributed by atoms with Gasteiger partial charge in [-0.1, -0.05) is 71.0 Å². The van der Waals surface area contributed by atoms with Crippen molar-refractivity contribution in [3.8, 4) is 5.75 Å². The highest BCUT2D eigenvalue weighted by Crippen LogP contribution is 2.41. The number of carbonyl (C=O) groups is 4. The smallest absolute Gasteiger partial charge is 0.343 e. The van der Waals surface area contributed by atoms with Crippen LogP contribution >= 0.6 is 18.5 Å². The molecule has 0 amide bonds. The number of ketones is 1. The second-order valence-electron chi connectivity index (χ2n) is 18.6. The van der Waals surface area contributed by atoms with Gasteiger partial charge in [-0.15, -0.1) is 18.5 Å². The third-order valence-corrected chi connectivity index (χ3v) is 14.2. The first kappa shape index (κ1) is 51.3. The molecule has 4 aliphatic rings. The summed E-state index contributed by atoms with van der Waals surface area (Å²) in [6, 6.07) is 15.3. The van der Waals surface area contributed by atoms with Gasteiger partial charge in [0.25, 0.3) is 0 Å². The maximum atomic E-state index is 13.5. The number of ether oxygens (including phenoxy) is 10. The number of hydrogen-bond acceptors (Lipinski definition) is 17. The summed E-state index contributed by atoms with van der Waals surface area (Å²) in [4.78, 5) is 52.5. The van der Waals surface area contributed by atoms with E-state index in [1.165, 1.54) is 31.4 Å². The van der Waals surface area contributed by atoms with Crippen molar-refractivity contribution in [1.29, 1.82) is 0 Å². The molecule has 68 heavy (non-hydrogen) atoms. The third kappa shape index (κ3) is 12.2. The monoisotopic (exact) mass is 994 g/mol. The van der Waals surface area contributed by atoms with Crippen molar-refractivity contribution >= 4 is 42.2 Å². The first-order valence-electron chi connectivity index (χ1n) is 24.5. The second kappa shape index (κ2) is 23.9. The summed E-state index contributed by atoms with van der Waals surface area (Å²) in [6.45, 7) is 16.9. The molecule has 3 N–H and O–H groups in total. The molecule has 0 aliphatic carbocycles. The van der Waals surface area contributed by atoms with E-state index in [1.54, 1.807) is 67.6 Å². The molecule has 6 rings (SSSR count). The van der Waals surface area contributed by atoms with Crippen LogP contribution in [0, 0.1) is 23.7 Å². The SMILES string of the molecule is [3H]N(CP)C1[C@H](O[C@H]2C(CC)O[C@@H](OC3[C@H](C)OC(C(=O)Oc4ccccc4)[C@@](C)(O)[C@@H]3OC(C)=O)C(N([3H])CP)[C@H]2C)OC(C)[C@H](O[C@@H]2OC(C(C)=O)[C@H](C)[C@H](C)C2OC(=O)c2ccccc2)[C@@H]1C. The maximum Gasteiger partial charge on any atom is 0.343 e. The van der Waals surface area contributed by atoms with Crippen LogP contribution in [0.2, 0.25) is 2.82 Å². The Kier molecular flexibility index (Phi) is 18.1. The van der Waals surface area contributed by atoms with Gasteiger partial charge >= 0.3 is 17.9 Å². The van der Waals surface area contributed by atoms with E-state index in [0.717, 1.165) is 0 Å². The van der Waals surface area contributed by atoms with E-state index < -0.39 is 127 Å². The minimum atomic E-state index is -2.15. The predicted molar refractivity (Wildman–Crippen MR) is 255 cm³/mol. The molecule has 2 aromatic rings. The van der Waals surface area contributed by atoms with Crippen molar-refractivity contribution in [3.05, 3.63) is 66.2 Å². The number of hydrogen-bond donors (Lipinski definition) is 3. The molecule has 0 bridgehead atoms. The van der Waals surface area contributed by atoms with E-state index in [-0.39, 0.29) is 35.9 Å². The van der Waals surface area contributed by atoms with E-state index >= 15 is 0 Å². The molecule has 10 unspecified atom stereocenters. The number of Topliss-reactive ketones (excluding diaryl/α,β-unsaturated/α-hetero) is 1. The molecule has 4 heterocycles. The van der Waals surface area contributed by atoms with E-state index in [9.17, 15) is 25.7 Å². The summed E-state index contributed by atoms with van der Waals surface area (Å²) in [5.74, 6) is -3.76. The fourth-order valence-electron chi connectivity index (χ4n) is 9.89. The van der Waals surface area contributed by atoms with Gasteiger partial charge in [0.2, 0.25) is 0 Å². The van der Waals surface area contributed by atoms with Crippen LogP contribution in [0.25, 0.3) is 0 Å². The Bertz CT molecular complexity index is 2070. The zero-order chi connectivity index (χ0) is 51.4. The highest BCUT2D eigenvalue weighted by atomic mass is 31.0. The standard InChI is InChI=1S/C49H72N2O15P2/c1-11-34-39(27(5)36(51-23-68)47(61-34)66-41-30(8)57-43(49(10,56)42(41)59-31(9)53)45(55)60-33-20-16-13-17-21-33)65-46-35(50-22-67)26(4)38(29(7)58-46)64-48-40(25(3)24(2)37(63-48)28(6)52)62-44(54)32-18-14-12-15-19-32/h12-21,24-27,29-30,34-43,46-48,50-51,56H,11,22-23,67-68H2,1-10H3/t24-,25+,26-,27-,29?,30+,34?,35?,36?,37?,38-,39-,40?,41?,42-,43?,46+,47+,48+,49+/m1/s1/i/hT2. The fraction of sp³-hybridized carbons (Fsp3) is 0.673. The van der Waals surface area contributed by atoms with E-state index in [4.69, 9.17) is 48.8 Å². The van der Waals surface area contributed by atoms with E-state index in [0.29, 0.717) is 12.0 Å². The molecule has 0 aromatic heterocycles. The zero-order valence-corrected chi connectivity index (χ0v) is 42.9. The van der Waals surface area contributed by atoms with Gasteiger partial charge in [0.1, 0.15) is 26.4 Å². The molecule has 4 aliphatic heterocycles. The molecular formula is C49H72N2O15P2. The van der Waals surface area contributed by atoms with Crippen molar-refractivity contribution in [2.24, 2.45) is 23.7 Å². The number of esters is 3. The number of aliphatic hydroxyl groups is 1. The quantitative estimate of drug-likeness (QED) is 0.111. The van der Waals surface area contributed by atoms with E-state index in [1.807, 2.05) is 41.5 Å². The van der Waals surface area contributed by atoms with Crippen molar-refractivity contribution in [1.82, 2.24) is 10.6 Å². The summed E-state index contributed by atoms with van der Waals surface area (Å²) < 4.78 is 82.1. The summed E-state index contributed by atoms with van der Waals surface area (Å²) >= 11 is 0. The number of nitrogens with one attached hydrogen (secondary N) is 2. The van der Waals surface area contributed by atoms with Gasteiger partial charge in [-0.05, 0) is 64.3 Å². The number of para-hydroxylation sites is 1. The van der Waals surface area contributed by atoms with Gasteiger partial charge in [0.15, 0.2) is 43.0 Å². The van der Waals surface area contributed by atoms with Gasteiger partial charge in [0, 0.05) is 37.2 Å². The highest BCUT2D eigenvalue weighted by molar-refractivity contribution is 7.16. The molecule has 22 atom stereocenters. The molecule has 0 saturated carbocycles. The molecule has 17 nitrogen and oxygen atoms in total. The maximum absolute atomic E-state index is 13.5. The number of rotatable bonds is 17. The molecule has 0 spiro atoms. The number of benzene rings is 2. The first-order chi connectivity index (χ1) is 33.1. The summed E-state index contributed by atoms with van der Waals surface area (Å²) in [5.41, 5.74) is -1.79. The second-order valence-corrected chi connectivity index (χ2v) is 19.3. The summed E-state index contributed by atoms with van der Waals surface area (Å²) in [5, 5.41) is 14.6. The molecular weight excluding hydrogens is 918 g/mol. The van der Waals surface area contributed by atoms with Gasteiger partial charge in [-0.25, -0.2) is 9.59 Å². The van der Waals surface area contributed by atoms with Crippen LogP contribution in [0.1, 0.15) is 86.0 Å². The lowest BCUT2D eigenvalue weighted by Crippen LogP contribution is -2.70. The molecule has 4 fully saturated rings. The third-order valence-electron chi connectivity index (χ3n) is 13.8. The van der Waals surface area contributed by atoms with Gasteiger partial charge < -0.3 is 63.1 Å². The Morgan fingerprint density at radius 3 is 1.81 bits per heavy atom.